The minimum atomic E-state index is -0.200. The smallest absolute Gasteiger partial charge is 0.185 e. The second-order valence-electron chi connectivity index (χ2n) is 3.37. The molecule has 0 amide bonds. The van der Waals surface area contributed by atoms with Gasteiger partial charge in [0.1, 0.15) is 6.10 Å². The molecule has 0 aromatic rings. The molecule has 2 fully saturated rings. The van der Waals surface area contributed by atoms with E-state index in [9.17, 15) is 0 Å². The van der Waals surface area contributed by atoms with Gasteiger partial charge in [0.15, 0.2) is 6.29 Å². The van der Waals surface area contributed by atoms with Gasteiger partial charge in [-0.25, -0.2) is 0 Å². The van der Waals surface area contributed by atoms with Gasteiger partial charge in [0.2, 0.25) is 0 Å². The summed E-state index contributed by atoms with van der Waals surface area (Å²) < 4.78 is 16.2. The van der Waals surface area contributed by atoms with Crippen LogP contribution in [-0.4, -0.2) is 38.4 Å². The highest BCUT2D eigenvalue weighted by Gasteiger charge is 2.41. The van der Waals surface area contributed by atoms with Crippen molar-refractivity contribution in [1.82, 2.24) is 5.32 Å². The van der Waals surface area contributed by atoms with E-state index in [1.807, 2.05) is 27.7 Å². The van der Waals surface area contributed by atoms with E-state index in [0.717, 1.165) is 6.42 Å². The molecule has 2 saturated heterocycles. The molecule has 0 spiro atoms. The quantitative estimate of drug-likeness (QED) is 0.753. The van der Waals surface area contributed by atoms with Gasteiger partial charge in [-0.15, -0.1) is 0 Å². The van der Waals surface area contributed by atoms with Gasteiger partial charge in [-0.05, 0) is 13.3 Å². The number of hydrogen-bond donors (Lipinski definition) is 1. The molecule has 2 rings (SSSR count). The van der Waals surface area contributed by atoms with Crippen molar-refractivity contribution in [3.8, 4) is 0 Å². The highest BCUT2D eigenvalue weighted by molar-refractivity contribution is 4.89. The first kappa shape index (κ1) is 15.8. The van der Waals surface area contributed by atoms with Gasteiger partial charge < -0.3 is 14.2 Å². The Morgan fingerprint density at radius 3 is 2.38 bits per heavy atom. The Morgan fingerprint density at radius 2 is 1.81 bits per heavy atom. The van der Waals surface area contributed by atoms with Crippen molar-refractivity contribution in [2.24, 2.45) is 0 Å². The van der Waals surface area contributed by atoms with Crippen molar-refractivity contribution >= 4 is 0 Å². The van der Waals surface area contributed by atoms with Gasteiger partial charge in [-0.2, -0.15) is 0 Å². The van der Waals surface area contributed by atoms with Crippen LogP contribution in [0.4, 0.5) is 0 Å². The molecule has 2 heterocycles. The minimum absolute atomic E-state index is 0.0752. The summed E-state index contributed by atoms with van der Waals surface area (Å²) in [5.74, 6) is 0. The number of hydrogen-bond acceptors (Lipinski definition) is 4. The van der Waals surface area contributed by atoms with Crippen LogP contribution in [0.2, 0.25) is 0 Å². The van der Waals surface area contributed by atoms with E-state index in [1.54, 1.807) is 7.11 Å². The van der Waals surface area contributed by atoms with Crippen molar-refractivity contribution in [1.29, 1.82) is 0 Å². The molecule has 0 bridgehead atoms. The molecular weight excluding hydrogens is 206 g/mol. The van der Waals surface area contributed by atoms with Crippen LogP contribution in [0, 0.1) is 0 Å². The van der Waals surface area contributed by atoms with E-state index in [2.05, 4.69) is 12.2 Å². The monoisotopic (exact) mass is 233 g/mol. The maximum absolute atomic E-state index is 5.56. The van der Waals surface area contributed by atoms with Gasteiger partial charge in [0.05, 0.1) is 12.8 Å². The second kappa shape index (κ2) is 8.93. The topological polar surface area (TPSA) is 39.7 Å². The number of rotatable bonds is 1. The lowest BCUT2D eigenvalue weighted by Gasteiger charge is -2.34. The van der Waals surface area contributed by atoms with Crippen molar-refractivity contribution in [3.63, 3.8) is 0 Å². The second-order valence-corrected chi connectivity index (χ2v) is 3.37. The molecule has 4 heteroatoms. The standard InChI is InChI=1S/C8H15NO3.2C2H6/c1-5-3-6-7(11-4-9-6)8(10-2)12-5;2*1-2/h5-9H,3-4H2,1-2H3;2*1-2H3/t5?,6?,7-,8?;;/m1../s1. The maximum Gasteiger partial charge on any atom is 0.185 e. The van der Waals surface area contributed by atoms with Gasteiger partial charge in [-0.1, -0.05) is 27.7 Å². The summed E-state index contributed by atoms with van der Waals surface area (Å²) in [7, 11) is 1.65. The third-order valence-corrected chi connectivity index (χ3v) is 2.47. The average Bonchev–Trinajstić information content (AvgIpc) is 2.81. The molecule has 16 heavy (non-hydrogen) atoms. The molecule has 2 aliphatic heterocycles. The third kappa shape index (κ3) is 4.01. The van der Waals surface area contributed by atoms with Gasteiger partial charge in [-0.3, -0.25) is 5.32 Å². The normalized spacial score (nSPS) is 36.4. The van der Waals surface area contributed by atoms with Crippen molar-refractivity contribution in [2.75, 3.05) is 13.8 Å². The van der Waals surface area contributed by atoms with Crippen molar-refractivity contribution in [2.45, 2.75) is 65.6 Å². The number of fused-ring (bicyclic) bond motifs is 1. The fourth-order valence-corrected chi connectivity index (χ4v) is 1.88. The molecule has 0 aromatic heterocycles. The molecule has 98 valence electrons. The highest BCUT2D eigenvalue weighted by atomic mass is 16.7. The average molecular weight is 233 g/mol. The number of methoxy groups -OCH3 is 1. The summed E-state index contributed by atoms with van der Waals surface area (Å²) >= 11 is 0. The molecule has 4 nitrogen and oxygen atoms in total. The highest BCUT2D eigenvalue weighted by Crippen LogP contribution is 2.25. The predicted molar refractivity (Wildman–Crippen MR) is 65.3 cm³/mol. The van der Waals surface area contributed by atoms with Crippen LogP contribution < -0.4 is 5.32 Å². The molecule has 0 aliphatic carbocycles. The molecule has 0 radical (unpaired) electrons. The summed E-state index contributed by atoms with van der Waals surface area (Å²) in [6.45, 7) is 10.7. The largest absolute Gasteiger partial charge is 0.356 e. The molecular formula is C12H27NO3. The lowest BCUT2D eigenvalue weighted by molar-refractivity contribution is -0.227. The molecule has 1 N–H and O–H groups in total. The molecule has 0 aromatic carbocycles. The van der Waals surface area contributed by atoms with Crippen LogP contribution in [0.3, 0.4) is 0 Å². The van der Waals surface area contributed by atoms with E-state index in [0.29, 0.717) is 12.8 Å². The van der Waals surface area contributed by atoms with Crippen LogP contribution in [0.25, 0.3) is 0 Å². The van der Waals surface area contributed by atoms with Crippen molar-refractivity contribution in [3.05, 3.63) is 0 Å². The fraction of sp³-hybridized carbons (Fsp3) is 1.00. The lowest BCUT2D eigenvalue weighted by Crippen LogP contribution is -2.49. The van der Waals surface area contributed by atoms with Crippen LogP contribution in [0.15, 0.2) is 0 Å². The zero-order chi connectivity index (χ0) is 12.6. The van der Waals surface area contributed by atoms with Gasteiger partial charge >= 0.3 is 0 Å². The Morgan fingerprint density at radius 1 is 1.19 bits per heavy atom. The van der Waals surface area contributed by atoms with E-state index >= 15 is 0 Å². The molecule has 2 aliphatic rings. The van der Waals surface area contributed by atoms with E-state index in [-0.39, 0.29) is 18.5 Å². The van der Waals surface area contributed by atoms with Crippen molar-refractivity contribution < 1.29 is 14.2 Å². The summed E-state index contributed by atoms with van der Waals surface area (Å²) in [6, 6.07) is 0.402. The SMILES string of the molecule is CC.CC.COC1OC(C)CC2NCO[C@H]21. The molecule has 4 atom stereocenters. The minimum Gasteiger partial charge on any atom is -0.356 e. The Balaban J connectivity index is 0.000000509. The Labute approximate surface area is 99.6 Å². The summed E-state index contributed by atoms with van der Waals surface area (Å²) in [5, 5.41) is 3.27. The number of nitrogens with one attached hydrogen (secondary N) is 1. The van der Waals surface area contributed by atoms with Gasteiger partial charge in [0.25, 0.3) is 0 Å². The zero-order valence-corrected chi connectivity index (χ0v) is 11.4. The Kier molecular flexibility index (Phi) is 8.84. The van der Waals surface area contributed by atoms with E-state index in [1.165, 1.54) is 0 Å². The first-order valence-corrected chi connectivity index (χ1v) is 6.34. The Hall–Kier alpha value is -0.160. The van der Waals surface area contributed by atoms with Crippen LogP contribution in [0.1, 0.15) is 41.0 Å². The third-order valence-electron chi connectivity index (χ3n) is 2.47. The van der Waals surface area contributed by atoms with Crippen LogP contribution in [-0.2, 0) is 14.2 Å². The zero-order valence-electron chi connectivity index (χ0n) is 11.4. The van der Waals surface area contributed by atoms with Gasteiger partial charge in [0, 0.05) is 13.2 Å². The fourth-order valence-electron chi connectivity index (χ4n) is 1.88. The Bertz CT molecular complexity index is 166. The van der Waals surface area contributed by atoms with Crippen LogP contribution >= 0.6 is 0 Å². The first-order chi connectivity index (χ1) is 7.81. The summed E-state index contributed by atoms with van der Waals surface area (Å²) in [6.07, 6.45) is 1.13. The molecule has 3 unspecified atom stereocenters. The van der Waals surface area contributed by atoms with Crippen LogP contribution in [0.5, 0.6) is 0 Å². The summed E-state index contributed by atoms with van der Waals surface area (Å²) in [5.41, 5.74) is 0. The summed E-state index contributed by atoms with van der Waals surface area (Å²) in [4.78, 5) is 0. The molecule has 0 saturated carbocycles. The lowest BCUT2D eigenvalue weighted by atomic mass is 10.0. The van der Waals surface area contributed by atoms with E-state index < -0.39 is 0 Å². The first-order valence-electron chi connectivity index (χ1n) is 6.34. The maximum atomic E-state index is 5.56. The number of ether oxygens (including phenoxy) is 3. The predicted octanol–water partition coefficient (Wildman–Crippen LogP) is 2.13. The van der Waals surface area contributed by atoms with E-state index in [4.69, 9.17) is 14.2 Å².